The molecule has 124 valence electrons. The average Bonchev–Trinajstić information content (AvgIpc) is 2.48. The molecule has 1 atom stereocenters. The summed E-state index contributed by atoms with van der Waals surface area (Å²) in [7, 11) is 0. The third-order valence-electron chi connectivity index (χ3n) is 3.18. The van der Waals surface area contributed by atoms with Crippen molar-refractivity contribution in [3.63, 3.8) is 0 Å². The number of nitrogens with one attached hydrogen (secondary N) is 1. The van der Waals surface area contributed by atoms with E-state index in [1.807, 2.05) is 13.8 Å². The van der Waals surface area contributed by atoms with E-state index in [0.29, 0.717) is 42.7 Å². The molecule has 1 unspecified atom stereocenters. The molecular formula is C17H28N2O3. The highest BCUT2D eigenvalue weighted by molar-refractivity contribution is 5.95. The Balaban J connectivity index is 2.86. The molecule has 5 heteroatoms. The monoisotopic (exact) mass is 308 g/mol. The zero-order valence-corrected chi connectivity index (χ0v) is 14.0. The molecular weight excluding hydrogens is 280 g/mol. The van der Waals surface area contributed by atoms with Gasteiger partial charge in [-0.1, -0.05) is 13.8 Å². The summed E-state index contributed by atoms with van der Waals surface area (Å²) >= 11 is 0. The minimum atomic E-state index is -0.139. The van der Waals surface area contributed by atoms with Crippen molar-refractivity contribution in [2.45, 2.75) is 40.2 Å². The number of benzene rings is 1. The van der Waals surface area contributed by atoms with Crippen LogP contribution in [0.4, 0.5) is 0 Å². The Morgan fingerprint density at radius 3 is 2.36 bits per heavy atom. The van der Waals surface area contributed by atoms with Gasteiger partial charge >= 0.3 is 0 Å². The molecule has 0 saturated carbocycles. The number of nitrogens with two attached hydrogens (primary N) is 1. The van der Waals surface area contributed by atoms with Crippen molar-refractivity contribution < 1.29 is 14.3 Å². The van der Waals surface area contributed by atoms with E-state index in [9.17, 15) is 4.79 Å². The fraction of sp³-hybridized carbons (Fsp3) is 0.588. The number of rotatable bonds is 9. The van der Waals surface area contributed by atoms with Gasteiger partial charge < -0.3 is 20.5 Å². The van der Waals surface area contributed by atoms with E-state index < -0.39 is 0 Å². The molecule has 0 aromatic heterocycles. The van der Waals surface area contributed by atoms with Crippen molar-refractivity contribution in [3.05, 3.63) is 23.8 Å². The standard InChI is InChI=1S/C17H28N2O3/c1-5-21-15-8-7-13(10-16(15)22-6-2)17(20)19-14(11-18)9-12(3)4/h7-8,10,12,14H,5-6,9,11,18H2,1-4H3,(H,19,20). The van der Waals surface area contributed by atoms with E-state index in [1.54, 1.807) is 18.2 Å². The molecule has 1 aromatic rings. The predicted octanol–water partition coefficient (Wildman–Crippen LogP) is 2.59. The third kappa shape index (κ3) is 5.56. The molecule has 22 heavy (non-hydrogen) atoms. The lowest BCUT2D eigenvalue weighted by Gasteiger charge is -2.19. The van der Waals surface area contributed by atoms with Gasteiger partial charge in [0, 0.05) is 18.2 Å². The zero-order chi connectivity index (χ0) is 16.5. The second kappa shape index (κ2) is 9.30. The second-order valence-electron chi connectivity index (χ2n) is 5.56. The Labute approximate surface area is 133 Å². The number of ether oxygens (including phenoxy) is 2. The van der Waals surface area contributed by atoms with Crippen LogP contribution in [0.5, 0.6) is 11.5 Å². The minimum absolute atomic E-state index is 0.0189. The first-order chi connectivity index (χ1) is 10.5. The fourth-order valence-electron chi connectivity index (χ4n) is 2.24. The number of carbonyl (C=O) groups excluding carboxylic acids is 1. The summed E-state index contributed by atoms with van der Waals surface area (Å²) in [6.07, 6.45) is 0.859. The first-order valence-electron chi connectivity index (χ1n) is 7.92. The normalized spacial score (nSPS) is 12.1. The van der Waals surface area contributed by atoms with E-state index >= 15 is 0 Å². The lowest BCUT2D eigenvalue weighted by Crippen LogP contribution is -2.41. The lowest BCUT2D eigenvalue weighted by atomic mass is 10.0. The highest BCUT2D eigenvalue weighted by Crippen LogP contribution is 2.28. The summed E-state index contributed by atoms with van der Waals surface area (Å²) in [5, 5.41) is 2.97. The van der Waals surface area contributed by atoms with Crippen LogP contribution in [0.15, 0.2) is 18.2 Å². The summed E-state index contributed by atoms with van der Waals surface area (Å²) in [6.45, 7) is 9.53. The van der Waals surface area contributed by atoms with Crippen molar-refractivity contribution in [2.24, 2.45) is 11.7 Å². The molecule has 1 rings (SSSR count). The first-order valence-corrected chi connectivity index (χ1v) is 7.92. The number of amides is 1. The van der Waals surface area contributed by atoms with Gasteiger partial charge in [-0.3, -0.25) is 4.79 Å². The summed E-state index contributed by atoms with van der Waals surface area (Å²) in [5.74, 6) is 1.58. The molecule has 5 nitrogen and oxygen atoms in total. The molecule has 0 bridgehead atoms. The molecule has 0 radical (unpaired) electrons. The molecule has 1 amide bonds. The van der Waals surface area contributed by atoms with Gasteiger partial charge in [-0.15, -0.1) is 0 Å². The smallest absolute Gasteiger partial charge is 0.251 e. The third-order valence-corrected chi connectivity index (χ3v) is 3.18. The van der Waals surface area contributed by atoms with Gasteiger partial charge in [0.25, 0.3) is 5.91 Å². The van der Waals surface area contributed by atoms with Gasteiger partial charge in [0.2, 0.25) is 0 Å². The van der Waals surface area contributed by atoms with E-state index in [2.05, 4.69) is 19.2 Å². The minimum Gasteiger partial charge on any atom is -0.490 e. The van der Waals surface area contributed by atoms with Crippen molar-refractivity contribution in [3.8, 4) is 11.5 Å². The maximum absolute atomic E-state index is 12.4. The van der Waals surface area contributed by atoms with Crippen LogP contribution in [0, 0.1) is 5.92 Å². The molecule has 0 aliphatic heterocycles. The molecule has 0 fully saturated rings. The van der Waals surface area contributed by atoms with Crippen molar-refractivity contribution >= 4 is 5.91 Å². The van der Waals surface area contributed by atoms with Crippen molar-refractivity contribution in [2.75, 3.05) is 19.8 Å². The van der Waals surface area contributed by atoms with Crippen molar-refractivity contribution in [1.29, 1.82) is 0 Å². The van der Waals surface area contributed by atoms with Crippen molar-refractivity contribution in [1.82, 2.24) is 5.32 Å². The predicted molar refractivity (Wildman–Crippen MR) is 88.5 cm³/mol. The van der Waals surface area contributed by atoms with Crippen LogP contribution in [0.1, 0.15) is 44.5 Å². The molecule has 0 saturated heterocycles. The molecule has 0 spiro atoms. The van der Waals surface area contributed by atoms with E-state index in [-0.39, 0.29) is 11.9 Å². The molecule has 0 heterocycles. The van der Waals surface area contributed by atoms with Gasteiger partial charge in [0.1, 0.15) is 0 Å². The SMILES string of the molecule is CCOc1ccc(C(=O)NC(CN)CC(C)C)cc1OCC. The summed E-state index contributed by atoms with van der Waals surface area (Å²) < 4.78 is 11.0. The van der Waals surface area contributed by atoms with E-state index in [4.69, 9.17) is 15.2 Å². The highest BCUT2D eigenvalue weighted by atomic mass is 16.5. The van der Waals surface area contributed by atoms with Crippen LogP contribution in [-0.2, 0) is 0 Å². The van der Waals surface area contributed by atoms with Crippen LogP contribution in [0.2, 0.25) is 0 Å². The lowest BCUT2D eigenvalue weighted by molar-refractivity contribution is 0.0933. The van der Waals surface area contributed by atoms with Gasteiger partial charge in [-0.2, -0.15) is 0 Å². The van der Waals surface area contributed by atoms with Crippen LogP contribution in [0.3, 0.4) is 0 Å². The summed E-state index contributed by atoms with van der Waals surface area (Å²) in [6, 6.07) is 5.21. The summed E-state index contributed by atoms with van der Waals surface area (Å²) in [4.78, 5) is 12.4. The van der Waals surface area contributed by atoms with E-state index in [0.717, 1.165) is 6.42 Å². The Morgan fingerprint density at radius 2 is 1.82 bits per heavy atom. The summed E-state index contributed by atoms with van der Waals surface area (Å²) in [5.41, 5.74) is 6.28. The molecule has 0 aliphatic carbocycles. The van der Waals surface area contributed by atoms with Gasteiger partial charge in [-0.25, -0.2) is 0 Å². The Bertz CT molecular complexity index is 475. The Kier molecular flexibility index (Phi) is 7.74. The number of carbonyl (C=O) groups is 1. The topological polar surface area (TPSA) is 73.6 Å². The highest BCUT2D eigenvalue weighted by Gasteiger charge is 2.16. The Hall–Kier alpha value is -1.75. The van der Waals surface area contributed by atoms with Crippen LogP contribution >= 0.6 is 0 Å². The van der Waals surface area contributed by atoms with Crippen LogP contribution in [0.25, 0.3) is 0 Å². The van der Waals surface area contributed by atoms with Crippen LogP contribution in [-0.4, -0.2) is 31.7 Å². The van der Waals surface area contributed by atoms with E-state index in [1.165, 1.54) is 0 Å². The second-order valence-corrected chi connectivity index (χ2v) is 5.56. The number of hydrogen-bond acceptors (Lipinski definition) is 4. The zero-order valence-electron chi connectivity index (χ0n) is 14.0. The van der Waals surface area contributed by atoms with Gasteiger partial charge in [0.05, 0.1) is 13.2 Å². The molecule has 0 aliphatic rings. The van der Waals surface area contributed by atoms with Gasteiger partial charge in [0.15, 0.2) is 11.5 Å². The number of hydrogen-bond donors (Lipinski definition) is 2. The molecule has 1 aromatic carbocycles. The molecule has 3 N–H and O–H groups in total. The van der Waals surface area contributed by atoms with Crippen LogP contribution < -0.4 is 20.5 Å². The Morgan fingerprint density at radius 1 is 1.18 bits per heavy atom. The average molecular weight is 308 g/mol. The van der Waals surface area contributed by atoms with Gasteiger partial charge in [-0.05, 0) is 44.4 Å². The first kappa shape index (κ1) is 18.3. The maximum Gasteiger partial charge on any atom is 0.251 e. The quantitative estimate of drug-likeness (QED) is 0.735. The fourth-order valence-corrected chi connectivity index (χ4v) is 2.24. The largest absolute Gasteiger partial charge is 0.490 e. The maximum atomic E-state index is 12.4.